The molecule has 4 heterocycles. The summed E-state index contributed by atoms with van der Waals surface area (Å²) >= 11 is 0. The lowest BCUT2D eigenvalue weighted by Crippen LogP contribution is -2.50. The SMILES string of the molecule is CCN(C)[C@H]1C[C@@H]2N(C(=O)[C@H]3[C@@H](C(=O)O)[C@@H]4C=C[C@]23O4)c2ccccc21. The van der Waals surface area contributed by atoms with Gasteiger partial charge in [0.2, 0.25) is 5.91 Å². The number of amides is 1. The predicted molar refractivity (Wildman–Crippen MR) is 94.7 cm³/mol. The summed E-state index contributed by atoms with van der Waals surface area (Å²) < 4.78 is 6.20. The highest BCUT2D eigenvalue weighted by molar-refractivity contribution is 6.04. The van der Waals surface area contributed by atoms with E-state index in [0.29, 0.717) is 0 Å². The molecule has 1 aromatic carbocycles. The first kappa shape index (κ1) is 16.0. The molecule has 2 fully saturated rings. The number of rotatable bonds is 3. The zero-order chi connectivity index (χ0) is 18.2. The smallest absolute Gasteiger partial charge is 0.310 e. The number of carbonyl (C=O) groups is 2. The van der Waals surface area contributed by atoms with Gasteiger partial charge in [0.1, 0.15) is 11.5 Å². The van der Waals surface area contributed by atoms with Gasteiger partial charge in [-0.25, -0.2) is 0 Å². The third-order valence-electron chi connectivity index (χ3n) is 6.74. The van der Waals surface area contributed by atoms with Gasteiger partial charge >= 0.3 is 5.97 Å². The number of nitrogens with zero attached hydrogens (tertiary/aromatic N) is 2. The molecule has 1 N–H and O–H groups in total. The van der Waals surface area contributed by atoms with Crippen molar-refractivity contribution in [3.05, 3.63) is 42.0 Å². The molecule has 6 heteroatoms. The Bertz CT molecular complexity index is 837. The first-order valence-corrected chi connectivity index (χ1v) is 9.22. The maximum absolute atomic E-state index is 13.4. The van der Waals surface area contributed by atoms with Crippen LogP contribution in [0.4, 0.5) is 5.69 Å². The molecule has 1 aromatic rings. The monoisotopic (exact) mass is 354 g/mol. The van der Waals surface area contributed by atoms with Crippen molar-refractivity contribution in [1.82, 2.24) is 4.90 Å². The van der Waals surface area contributed by atoms with Crippen LogP contribution in [0, 0.1) is 11.8 Å². The molecule has 5 rings (SSSR count). The van der Waals surface area contributed by atoms with Crippen molar-refractivity contribution in [2.24, 2.45) is 11.8 Å². The Morgan fingerprint density at radius 3 is 2.92 bits per heavy atom. The normalized spacial score (nSPS) is 39.3. The molecule has 0 aromatic heterocycles. The van der Waals surface area contributed by atoms with E-state index in [1.807, 2.05) is 35.3 Å². The second-order valence-corrected chi connectivity index (χ2v) is 7.74. The summed E-state index contributed by atoms with van der Waals surface area (Å²) in [6.07, 6.45) is 4.04. The quantitative estimate of drug-likeness (QED) is 0.839. The van der Waals surface area contributed by atoms with Gasteiger partial charge in [-0.15, -0.1) is 0 Å². The van der Waals surface area contributed by atoms with Crippen LogP contribution in [0.5, 0.6) is 0 Å². The summed E-state index contributed by atoms with van der Waals surface area (Å²) in [6.45, 7) is 3.01. The fourth-order valence-electron chi connectivity index (χ4n) is 5.47. The topological polar surface area (TPSA) is 70.1 Å². The van der Waals surface area contributed by atoms with E-state index < -0.39 is 29.5 Å². The number of anilines is 1. The first-order valence-electron chi connectivity index (χ1n) is 9.22. The molecule has 26 heavy (non-hydrogen) atoms. The zero-order valence-electron chi connectivity index (χ0n) is 14.8. The number of aliphatic carboxylic acids is 1. The van der Waals surface area contributed by atoms with Crippen LogP contribution in [-0.4, -0.2) is 53.2 Å². The molecular weight excluding hydrogens is 332 g/mol. The van der Waals surface area contributed by atoms with Crippen LogP contribution in [-0.2, 0) is 14.3 Å². The minimum atomic E-state index is -0.949. The molecule has 1 spiro atoms. The molecule has 0 radical (unpaired) electrons. The van der Waals surface area contributed by atoms with E-state index >= 15 is 0 Å². The van der Waals surface area contributed by atoms with Crippen molar-refractivity contribution >= 4 is 17.6 Å². The van der Waals surface area contributed by atoms with Crippen molar-refractivity contribution in [1.29, 1.82) is 0 Å². The van der Waals surface area contributed by atoms with E-state index in [0.717, 1.165) is 24.2 Å². The maximum atomic E-state index is 13.4. The van der Waals surface area contributed by atoms with Gasteiger partial charge in [-0.1, -0.05) is 37.3 Å². The van der Waals surface area contributed by atoms with Gasteiger partial charge in [-0.3, -0.25) is 14.5 Å². The van der Waals surface area contributed by atoms with Crippen LogP contribution in [0.3, 0.4) is 0 Å². The molecule has 0 unspecified atom stereocenters. The second kappa shape index (κ2) is 5.18. The average Bonchev–Trinajstić information content (AvgIpc) is 3.29. The van der Waals surface area contributed by atoms with E-state index in [2.05, 4.69) is 24.9 Å². The van der Waals surface area contributed by atoms with Gasteiger partial charge in [0, 0.05) is 11.7 Å². The summed E-state index contributed by atoms with van der Waals surface area (Å²) in [4.78, 5) is 29.3. The van der Waals surface area contributed by atoms with Gasteiger partial charge in [0.05, 0.1) is 18.1 Å². The van der Waals surface area contributed by atoms with Crippen LogP contribution in [0.15, 0.2) is 36.4 Å². The van der Waals surface area contributed by atoms with Crippen molar-refractivity contribution in [3.8, 4) is 0 Å². The molecule has 4 aliphatic heterocycles. The number of carboxylic acids is 1. The van der Waals surface area contributed by atoms with Crippen molar-refractivity contribution < 1.29 is 19.4 Å². The summed E-state index contributed by atoms with van der Waals surface area (Å²) in [7, 11) is 2.09. The van der Waals surface area contributed by atoms with E-state index in [4.69, 9.17) is 4.74 Å². The first-order chi connectivity index (χ1) is 12.5. The number of benzene rings is 1. The molecule has 136 valence electrons. The molecule has 2 saturated heterocycles. The van der Waals surface area contributed by atoms with Crippen LogP contribution in [0.1, 0.15) is 24.9 Å². The molecule has 1 amide bonds. The van der Waals surface area contributed by atoms with Gasteiger partial charge in [0.15, 0.2) is 0 Å². The Hall–Kier alpha value is -2.18. The van der Waals surface area contributed by atoms with E-state index in [-0.39, 0.29) is 18.0 Å². The molecule has 4 aliphatic rings. The Morgan fingerprint density at radius 1 is 1.42 bits per heavy atom. The molecular formula is C20H22N2O4. The number of para-hydroxylation sites is 1. The molecule has 0 aliphatic carbocycles. The van der Waals surface area contributed by atoms with Crippen molar-refractivity contribution in [2.45, 2.75) is 37.1 Å². The van der Waals surface area contributed by atoms with Gasteiger partial charge in [-0.2, -0.15) is 0 Å². The fraction of sp³-hybridized carbons (Fsp3) is 0.500. The Kier molecular flexibility index (Phi) is 3.19. The molecule has 0 saturated carbocycles. The third kappa shape index (κ3) is 1.74. The summed E-state index contributed by atoms with van der Waals surface area (Å²) in [5, 5.41) is 9.71. The highest BCUT2D eigenvalue weighted by Gasteiger charge is 2.72. The number of ether oxygens (including phenoxy) is 1. The zero-order valence-corrected chi connectivity index (χ0v) is 14.8. The number of carboxylic acid groups (broad SMARTS) is 1. The maximum Gasteiger partial charge on any atom is 0.310 e. The van der Waals surface area contributed by atoms with Crippen LogP contribution >= 0.6 is 0 Å². The molecule has 6 atom stereocenters. The van der Waals surface area contributed by atoms with E-state index in [9.17, 15) is 14.7 Å². The lowest BCUT2D eigenvalue weighted by atomic mass is 9.73. The number of hydrogen-bond acceptors (Lipinski definition) is 4. The third-order valence-corrected chi connectivity index (χ3v) is 6.74. The highest BCUT2D eigenvalue weighted by Crippen LogP contribution is 2.59. The highest BCUT2D eigenvalue weighted by atomic mass is 16.5. The number of fused-ring (bicyclic) bond motifs is 4. The van der Waals surface area contributed by atoms with Gasteiger partial charge in [0.25, 0.3) is 0 Å². The van der Waals surface area contributed by atoms with Crippen molar-refractivity contribution in [3.63, 3.8) is 0 Å². The Balaban J connectivity index is 1.67. The van der Waals surface area contributed by atoms with Gasteiger partial charge in [-0.05, 0) is 31.6 Å². The molecule has 6 nitrogen and oxygen atoms in total. The minimum absolute atomic E-state index is 0.112. The van der Waals surface area contributed by atoms with Crippen molar-refractivity contribution in [2.75, 3.05) is 18.5 Å². The van der Waals surface area contributed by atoms with E-state index in [1.54, 1.807) is 0 Å². The van der Waals surface area contributed by atoms with Crippen LogP contribution in [0.25, 0.3) is 0 Å². The Labute approximate surface area is 152 Å². The van der Waals surface area contributed by atoms with E-state index in [1.165, 1.54) is 0 Å². The lowest BCUT2D eigenvalue weighted by molar-refractivity contribution is -0.146. The molecule has 2 bridgehead atoms. The standard InChI is InChI=1S/C20H22N2O4/c1-3-21(2)13-10-15-20-9-8-14(26-20)16(19(24)25)17(20)18(23)22(15)12-7-5-4-6-11(12)13/h4-9,13-17H,3,10H2,1-2H3,(H,24,25)/t13-,14-,15-,16-,17+,20-/m0/s1. The summed E-state index contributed by atoms with van der Waals surface area (Å²) in [5.41, 5.74) is 1.21. The summed E-state index contributed by atoms with van der Waals surface area (Å²) in [5.74, 6) is -2.50. The number of hydrogen-bond donors (Lipinski definition) is 1. The van der Waals surface area contributed by atoms with Crippen LogP contribution in [0.2, 0.25) is 0 Å². The summed E-state index contributed by atoms with van der Waals surface area (Å²) in [6, 6.07) is 7.99. The van der Waals surface area contributed by atoms with Crippen LogP contribution < -0.4 is 4.90 Å². The predicted octanol–water partition coefficient (Wildman–Crippen LogP) is 1.82. The lowest BCUT2D eigenvalue weighted by Gasteiger charge is -2.43. The average molecular weight is 354 g/mol. The Morgan fingerprint density at radius 2 is 2.19 bits per heavy atom. The largest absolute Gasteiger partial charge is 0.481 e. The second-order valence-electron chi connectivity index (χ2n) is 7.74. The fourth-order valence-corrected chi connectivity index (χ4v) is 5.47. The number of carbonyl (C=O) groups excluding carboxylic acids is 1. The van der Waals surface area contributed by atoms with Gasteiger partial charge < -0.3 is 14.7 Å². The minimum Gasteiger partial charge on any atom is -0.481 e.